The highest BCUT2D eigenvalue weighted by Crippen LogP contribution is 2.30. The Morgan fingerprint density at radius 3 is 2.45 bits per heavy atom. The van der Waals surface area contributed by atoms with Gasteiger partial charge in [-0.2, -0.15) is 0 Å². The van der Waals surface area contributed by atoms with Crippen molar-refractivity contribution in [3.05, 3.63) is 0 Å². The zero-order chi connectivity index (χ0) is 14.8. The van der Waals surface area contributed by atoms with E-state index in [9.17, 15) is 14.7 Å². The molecule has 2 amide bonds. The summed E-state index contributed by atoms with van der Waals surface area (Å²) in [6, 6.07) is -0.344. The second-order valence-corrected chi connectivity index (χ2v) is 6.49. The van der Waals surface area contributed by atoms with Crippen molar-refractivity contribution in [2.45, 2.75) is 69.6 Å². The van der Waals surface area contributed by atoms with Crippen molar-refractivity contribution in [1.29, 1.82) is 0 Å². The van der Waals surface area contributed by atoms with Crippen LogP contribution < -0.4 is 10.6 Å². The summed E-state index contributed by atoms with van der Waals surface area (Å²) in [6.45, 7) is 4.60. The molecular weight excluding hydrogens is 260 g/mol. The van der Waals surface area contributed by atoms with Crippen molar-refractivity contribution in [3.63, 3.8) is 0 Å². The number of carbonyl (C=O) groups excluding carboxylic acids is 1. The third-order valence-corrected chi connectivity index (χ3v) is 4.25. The minimum atomic E-state index is -1.08. The number of ether oxygens (including phenoxy) is 1. The number of hydrogen-bond acceptors (Lipinski definition) is 3. The molecule has 0 aromatic carbocycles. The van der Waals surface area contributed by atoms with E-state index in [2.05, 4.69) is 10.6 Å². The third kappa shape index (κ3) is 3.42. The summed E-state index contributed by atoms with van der Waals surface area (Å²) in [5.41, 5.74) is -1.32. The average Bonchev–Trinajstić information content (AvgIpc) is 2.77. The molecule has 0 bridgehead atoms. The third-order valence-electron chi connectivity index (χ3n) is 4.25. The summed E-state index contributed by atoms with van der Waals surface area (Å²) in [5, 5.41) is 14.9. The predicted molar refractivity (Wildman–Crippen MR) is 73.6 cm³/mol. The fourth-order valence-corrected chi connectivity index (χ4v) is 3.16. The van der Waals surface area contributed by atoms with E-state index in [0.29, 0.717) is 19.4 Å². The van der Waals surface area contributed by atoms with Crippen LogP contribution in [0.2, 0.25) is 0 Å². The van der Waals surface area contributed by atoms with Crippen molar-refractivity contribution in [2.75, 3.05) is 6.61 Å². The molecular formula is C14H24N2O4. The predicted octanol–water partition coefficient (Wildman–Crippen LogP) is 1.64. The Bertz CT molecular complexity index is 389. The highest BCUT2D eigenvalue weighted by atomic mass is 16.5. The molecule has 3 N–H and O–H groups in total. The Labute approximate surface area is 119 Å². The lowest BCUT2D eigenvalue weighted by Crippen LogP contribution is -2.58. The number of hydrogen-bond donors (Lipinski definition) is 3. The normalized spacial score (nSPS) is 27.8. The smallest absolute Gasteiger partial charge is 0.329 e. The van der Waals surface area contributed by atoms with E-state index in [4.69, 9.17) is 4.74 Å². The summed E-state index contributed by atoms with van der Waals surface area (Å²) < 4.78 is 5.60. The van der Waals surface area contributed by atoms with Crippen LogP contribution in [0.25, 0.3) is 0 Å². The van der Waals surface area contributed by atoms with Gasteiger partial charge in [-0.05, 0) is 39.5 Å². The summed E-state index contributed by atoms with van der Waals surface area (Å²) in [7, 11) is 0. The molecule has 1 heterocycles. The van der Waals surface area contributed by atoms with Gasteiger partial charge in [0.25, 0.3) is 0 Å². The Balaban J connectivity index is 1.90. The fraction of sp³-hybridized carbons (Fsp3) is 0.857. The molecule has 1 saturated carbocycles. The molecule has 6 nitrogen and oxygen atoms in total. The Kier molecular flexibility index (Phi) is 4.22. The quantitative estimate of drug-likeness (QED) is 0.735. The van der Waals surface area contributed by atoms with Crippen LogP contribution in [0.4, 0.5) is 4.79 Å². The minimum Gasteiger partial charge on any atom is -0.480 e. The molecule has 1 saturated heterocycles. The van der Waals surface area contributed by atoms with Gasteiger partial charge >= 0.3 is 12.0 Å². The van der Waals surface area contributed by atoms with E-state index in [1.54, 1.807) is 0 Å². The van der Waals surface area contributed by atoms with Gasteiger partial charge in [-0.3, -0.25) is 0 Å². The number of nitrogens with one attached hydrogen (secondary N) is 2. The molecule has 2 fully saturated rings. The lowest BCUT2D eigenvalue weighted by molar-refractivity contribution is -0.144. The van der Waals surface area contributed by atoms with Crippen molar-refractivity contribution in [3.8, 4) is 0 Å². The number of carboxylic acid groups (broad SMARTS) is 1. The van der Waals surface area contributed by atoms with Crippen LogP contribution in [-0.2, 0) is 9.53 Å². The molecule has 20 heavy (non-hydrogen) atoms. The van der Waals surface area contributed by atoms with Gasteiger partial charge in [-0.1, -0.05) is 12.8 Å². The summed E-state index contributed by atoms with van der Waals surface area (Å²) in [4.78, 5) is 23.5. The molecule has 0 aromatic heterocycles. The molecule has 2 aliphatic rings. The molecule has 1 unspecified atom stereocenters. The monoisotopic (exact) mass is 284 g/mol. The van der Waals surface area contributed by atoms with Crippen LogP contribution in [0.5, 0.6) is 0 Å². The topological polar surface area (TPSA) is 87.7 Å². The summed E-state index contributed by atoms with van der Waals surface area (Å²) in [5.74, 6) is -0.933. The molecule has 6 heteroatoms. The van der Waals surface area contributed by atoms with Crippen LogP contribution >= 0.6 is 0 Å². The van der Waals surface area contributed by atoms with Gasteiger partial charge in [0.1, 0.15) is 5.54 Å². The van der Waals surface area contributed by atoms with E-state index in [-0.39, 0.29) is 17.7 Å². The number of carboxylic acids is 1. The van der Waals surface area contributed by atoms with Gasteiger partial charge in [0, 0.05) is 12.6 Å². The van der Waals surface area contributed by atoms with Gasteiger partial charge in [-0.25, -0.2) is 9.59 Å². The van der Waals surface area contributed by atoms with Crippen molar-refractivity contribution < 1.29 is 19.4 Å². The SMILES string of the molecule is CC1(C)CC(NC(=O)NC2(C(=O)O)CCCC2)CCO1. The van der Waals surface area contributed by atoms with Crippen molar-refractivity contribution in [2.24, 2.45) is 0 Å². The van der Waals surface area contributed by atoms with E-state index >= 15 is 0 Å². The first kappa shape index (κ1) is 15.1. The van der Waals surface area contributed by atoms with Crippen molar-refractivity contribution >= 4 is 12.0 Å². The number of carbonyl (C=O) groups is 2. The van der Waals surface area contributed by atoms with E-state index in [0.717, 1.165) is 25.7 Å². The number of urea groups is 1. The Morgan fingerprint density at radius 2 is 1.90 bits per heavy atom. The highest BCUT2D eigenvalue weighted by Gasteiger charge is 2.43. The highest BCUT2D eigenvalue weighted by molar-refractivity contribution is 5.86. The maximum absolute atomic E-state index is 12.1. The number of rotatable bonds is 3. The van der Waals surface area contributed by atoms with Gasteiger partial charge in [0.2, 0.25) is 0 Å². The molecule has 114 valence electrons. The Morgan fingerprint density at radius 1 is 1.25 bits per heavy atom. The standard InChI is InChI=1S/C14H24N2O4/c1-13(2)9-10(5-8-20-13)15-12(19)16-14(11(17)18)6-3-4-7-14/h10H,3-9H2,1-2H3,(H,17,18)(H2,15,16,19). The second-order valence-electron chi connectivity index (χ2n) is 6.49. The maximum atomic E-state index is 12.1. The Hall–Kier alpha value is -1.30. The van der Waals surface area contributed by atoms with Crippen LogP contribution in [0, 0.1) is 0 Å². The van der Waals surface area contributed by atoms with Crippen LogP contribution in [0.15, 0.2) is 0 Å². The number of amides is 2. The van der Waals surface area contributed by atoms with E-state index < -0.39 is 11.5 Å². The molecule has 1 atom stereocenters. The lowest BCUT2D eigenvalue weighted by atomic mass is 9.94. The molecule has 0 aromatic rings. The molecule has 0 spiro atoms. The van der Waals surface area contributed by atoms with Gasteiger partial charge in [-0.15, -0.1) is 0 Å². The first-order chi connectivity index (χ1) is 9.33. The zero-order valence-corrected chi connectivity index (χ0v) is 12.2. The number of aliphatic carboxylic acids is 1. The maximum Gasteiger partial charge on any atom is 0.329 e. The zero-order valence-electron chi connectivity index (χ0n) is 12.2. The first-order valence-corrected chi connectivity index (χ1v) is 7.29. The van der Waals surface area contributed by atoms with Gasteiger partial charge < -0.3 is 20.5 Å². The minimum absolute atomic E-state index is 0.0333. The van der Waals surface area contributed by atoms with Crippen LogP contribution in [0.3, 0.4) is 0 Å². The molecule has 0 radical (unpaired) electrons. The average molecular weight is 284 g/mol. The molecule has 2 rings (SSSR count). The summed E-state index contributed by atoms with van der Waals surface area (Å²) in [6.07, 6.45) is 4.20. The van der Waals surface area contributed by atoms with E-state index in [1.807, 2.05) is 13.8 Å². The summed E-state index contributed by atoms with van der Waals surface area (Å²) >= 11 is 0. The second kappa shape index (κ2) is 5.60. The van der Waals surface area contributed by atoms with Gasteiger partial charge in [0.15, 0.2) is 0 Å². The van der Waals surface area contributed by atoms with Gasteiger partial charge in [0.05, 0.1) is 5.60 Å². The van der Waals surface area contributed by atoms with Crippen molar-refractivity contribution in [1.82, 2.24) is 10.6 Å². The molecule has 1 aliphatic heterocycles. The fourth-order valence-electron chi connectivity index (χ4n) is 3.16. The first-order valence-electron chi connectivity index (χ1n) is 7.29. The van der Waals surface area contributed by atoms with Crippen LogP contribution in [0.1, 0.15) is 52.4 Å². The van der Waals surface area contributed by atoms with Crippen LogP contribution in [-0.4, -0.2) is 40.9 Å². The largest absolute Gasteiger partial charge is 0.480 e. The lowest BCUT2D eigenvalue weighted by Gasteiger charge is -2.36. The molecule has 1 aliphatic carbocycles. The van der Waals surface area contributed by atoms with E-state index in [1.165, 1.54) is 0 Å².